The van der Waals surface area contributed by atoms with E-state index in [9.17, 15) is 16.8 Å². The Morgan fingerprint density at radius 1 is 0.659 bits per heavy atom. The van der Waals surface area contributed by atoms with Crippen molar-refractivity contribution in [2.24, 2.45) is 0 Å². The van der Waals surface area contributed by atoms with Crippen LogP contribution in [0.25, 0.3) is 0 Å². The van der Waals surface area contributed by atoms with Gasteiger partial charge in [-0.2, -0.15) is 14.5 Å². The number of sulfonamides is 1. The molecule has 44 heavy (non-hydrogen) atoms. The van der Waals surface area contributed by atoms with Crippen molar-refractivity contribution in [3.05, 3.63) is 84.2 Å². The molecule has 2 heterocycles. The van der Waals surface area contributed by atoms with Gasteiger partial charge in [0.2, 0.25) is 0 Å². The molecule has 0 aliphatic carbocycles. The maximum atomic E-state index is 13.5. The zero-order valence-electron chi connectivity index (χ0n) is 26.2. The maximum absolute atomic E-state index is 13.5. The molecule has 0 fully saturated rings. The molecule has 11 nitrogen and oxygen atoms in total. The number of ether oxygens (including phenoxy) is 2. The summed E-state index contributed by atoms with van der Waals surface area (Å²) in [6.07, 6.45) is 3.29. The van der Waals surface area contributed by atoms with Crippen LogP contribution in [0.5, 0.6) is 11.5 Å². The van der Waals surface area contributed by atoms with Crippen LogP contribution in [0.15, 0.2) is 83.1 Å². The van der Waals surface area contributed by atoms with E-state index in [0.717, 1.165) is 22.6 Å². The zero-order chi connectivity index (χ0) is 32.9. The minimum Gasteiger partial charge on any atom is -0.497 e. The minimum atomic E-state index is -3.83. The number of hydrogen-bond donors (Lipinski definition) is 0. The van der Waals surface area contributed by atoms with E-state index in [2.05, 4.69) is 10.2 Å². The third-order valence-electron chi connectivity index (χ3n) is 6.39. The summed E-state index contributed by atoms with van der Waals surface area (Å²) in [5, 5.41) is 8.13. The highest BCUT2D eigenvalue weighted by Gasteiger charge is 2.29. The van der Waals surface area contributed by atoms with Gasteiger partial charge in [-0.1, -0.05) is 24.3 Å². The summed E-state index contributed by atoms with van der Waals surface area (Å²) < 4.78 is 63.9. The normalized spacial score (nSPS) is 12.5. The van der Waals surface area contributed by atoms with E-state index in [4.69, 9.17) is 20.2 Å². The van der Waals surface area contributed by atoms with Crippen LogP contribution in [-0.4, -0.2) is 54.9 Å². The molecule has 14 heteroatoms. The number of rotatable bonds is 9. The molecule has 0 radical (unpaired) electrons. The van der Waals surface area contributed by atoms with Crippen LogP contribution < -0.4 is 9.47 Å². The first kappa shape index (κ1) is 35.1. The van der Waals surface area contributed by atoms with Crippen LogP contribution in [0.2, 0.25) is 0 Å². The van der Waals surface area contributed by atoms with E-state index < -0.39 is 19.1 Å². The molecule has 0 aliphatic rings. The van der Waals surface area contributed by atoms with Crippen molar-refractivity contribution in [2.75, 3.05) is 14.2 Å². The van der Waals surface area contributed by atoms with Gasteiger partial charge in [-0.3, -0.25) is 9.36 Å². The summed E-state index contributed by atoms with van der Waals surface area (Å²) in [6, 6.07) is 17.7. The molecule has 240 valence electrons. The van der Waals surface area contributed by atoms with Gasteiger partial charge in [0.15, 0.2) is 10.1 Å². The summed E-state index contributed by atoms with van der Waals surface area (Å²) >= 11 is 0. The Morgan fingerprint density at radius 3 is 1.32 bits per heavy atom. The fourth-order valence-electron chi connectivity index (χ4n) is 3.86. The van der Waals surface area contributed by atoms with E-state index in [1.54, 1.807) is 42.0 Å². The monoisotopic (exact) mass is 665 g/mol. The third kappa shape index (κ3) is 9.31. The lowest BCUT2D eigenvalue weighted by atomic mass is 10.1. The largest absolute Gasteiger partial charge is 0.497 e. The molecule has 2 aromatic carbocycles. The molecule has 0 bridgehead atoms. The molecule has 0 saturated heterocycles. The SMILES string of the molecule is CC(C)(C)n1ccc(S(=O)(=O)Cl)n1.COc1ccc(CN(Cc2ccc(OC)cc2)S(=O)(=O)c2ccn(C(C)(C)C)n2)cc1. The highest BCUT2D eigenvalue weighted by Crippen LogP contribution is 2.24. The second kappa shape index (κ2) is 13.7. The van der Waals surface area contributed by atoms with Crippen LogP contribution >= 0.6 is 10.7 Å². The lowest BCUT2D eigenvalue weighted by Gasteiger charge is -2.22. The average Bonchev–Trinajstić information content (AvgIpc) is 3.65. The van der Waals surface area contributed by atoms with Crippen LogP contribution in [0, 0.1) is 0 Å². The van der Waals surface area contributed by atoms with Crippen molar-refractivity contribution >= 4 is 29.8 Å². The van der Waals surface area contributed by atoms with E-state index in [1.165, 1.54) is 10.4 Å². The van der Waals surface area contributed by atoms with Gasteiger partial charge in [-0.05, 0) is 89.1 Å². The topological polar surface area (TPSA) is 126 Å². The molecule has 0 unspecified atom stereocenters. The molecular formula is C30H40ClN5O6S2. The van der Waals surface area contributed by atoms with Gasteiger partial charge in [0.25, 0.3) is 19.1 Å². The summed E-state index contributed by atoms with van der Waals surface area (Å²) in [6.45, 7) is 12.1. The molecular weight excluding hydrogens is 626 g/mol. The predicted octanol–water partition coefficient (Wildman–Crippen LogP) is 5.61. The van der Waals surface area contributed by atoms with Gasteiger partial charge in [-0.25, -0.2) is 16.8 Å². The standard InChI is InChI=1S/C23H29N3O4S.C7H11ClN2O2S/c1-23(2,3)26-15-14-22(24-26)31(27,28)25(16-18-6-10-20(29-4)11-7-18)17-19-8-12-21(30-5)13-9-19;1-7(2,3)10-5-4-6(9-10)13(8,11)12/h6-15H,16-17H2,1-5H3;4-5H,1-3H3. The van der Waals surface area contributed by atoms with Crippen molar-refractivity contribution in [2.45, 2.75) is 75.8 Å². The van der Waals surface area contributed by atoms with Crippen molar-refractivity contribution in [1.29, 1.82) is 0 Å². The van der Waals surface area contributed by atoms with Crippen molar-refractivity contribution in [3.8, 4) is 11.5 Å². The highest BCUT2D eigenvalue weighted by atomic mass is 35.7. The van der Waals surface area contributed by atoms with Gasteiger partial charge in [0.05, 0.1) is 25.3 Å². The summed E-state index contributed by atoms with van der Waals surface area (Å²) in [5.41, 5.74) is 1.16. The molecule has 4 aromatic rings. The first-order valence-electron chi connectivity index (χ1n) is 13.7. The summed E-state index contributed by atoms with van der Waals surface area (Å²) in [4.78, 5) is 0. The van der Waals surface area contributed by atoms with Gasteiger partial charge in [0.1, 0.15) is 11.5 Å². The fraction of sp³-hybridized carbons (Fsp3) is 0.400. The average molecular weight is 666 g/mol. The van der Waals surface area contributed by atoms with Gasteiger partial charge in [0, 0.05) is 36.2 Å². The van der Waals surface area contributed by atoms with Gasteiger partial charge in [-0.15, -0.1) is 0 Å². The summed E-state index contributed by atoms with van der Waals surface area (Å²) in [7, 11) is 0.783. The van der Waals surface area contributed by atoms with Gasteiger partial charge >= 0.3 is 0 Å². The first-order valence-corrected chi connectivity index (χ1v) is 17.4. The molecule has 0 spiro atoms. The van der Waals surface area contributed by atoms with E-state index in [0.29, 0.717) is 0 Å². The third-order valence-corrected chi connectivity index (χ3v) is 9.27. The minimum absolute atomic E-state index is 0.0319. The zero-order valence-corrected chi connectivity index (χ0v) is 28.6. The van der Waals surface area contributed by atoms with Crippen LogP contribution in [0.1, 0.15) is 52.7 Å². The number of halogens is 1. The smallest absolute Gasteiger partial charge is 0.280 e. The lowest BCUT2D eigenvalue weighted by Crippen LogP contribution is -2.31. The molecule has 0 atom stereocenters. The number of benzene rings is 2. The molecule has 4 rings (SSSR count). The van der Waals surface area contributed by atoms with E-state index in [-0.39, 0.29) is 34.2 Å². The van der Waals surface area contributed by atoms with Crippen LogP contribution in [-0.2, 0) is 43.2 Å². The first-order chi connectivity index (χ1) is 20.3. The Bertz CT molecular complexity index is 1690. The van der Waals surface area contributed by atoms with E-state index >= 15 is 0 Å². The second-order valence-electron chi connectivity index (χ2n) is 11.9. The summed E-state index contributed by atoms with van der Waals surface area (Å²) in [5.74, 6) is 1.44. The Labute approximate surface area is 264 Å². The predicted molar refractivity (Wildman–Crippen MR) is 170 cm³/mol. The Hall–Kier alpha value is -3.39. The Balaban J connectivity index is 0.000000340. The molecule has 0 amide bonds. The molecule has 2 aromatic heterocycles. The number of methoxy groups -OCH3 is 2. The van der Waals surface area contributed by atoms with Crippen LogP contribution in [0.3, 0.4) is 0 Å². The number of hydrogen-bond acceptors (Lipinski definition) is 8. The fourth-order valence-corrected chi connectivity index (χ4v) is 5.84. The quantitative estimate of drug-likeness (QED) is 0.211. The van der Waals surface area contributed by atoms with Crippen LogP contribution in [0.4, 0.5) is 0 Å². The molecule has 0 saturated carbocycles. The van der Waals surface area contributed by atoms with Gasteiger partial charge < -0.3 is 9.47 Å². The van der Waals surface area contributed by atoms with E-state index in [1.807, 2.05) is 90.1 Å². The van der Waals surface area contributed by atoms with Crippen molar-refractivity contribution in [1.82, 2.24) is 23.9 Å². The molecule has 0 aliphatic heterocycles. The second-order valence-corrected chi connectivity index (χ2v) is 16.3. The molecule has 0 N–H and O–H groups in total. The number of nitrogens with zero attached hydrogens (tertiary/aromatic N) is 5. The lowest BCUT2D eigenvalue weighted by molar-refractivity contribution is 0.346. The van der Waals surface area contributed by atoms with Crippen molar-refractivity contribution < 1.29 is 26.3 Å². The highest BCUT2D eigenvalue weighted by molar-refractivity contribution is 8.13. The number of aromatic nitrogens is 4. The van der Waals surface area contributed by atoms with Crippen molar-refractivity contribution in [3.63, 3.8) is 0 Å². The Kier molecular flexibility index (Phi) is 10.9. The Morgan fingerprint density at radius 2 is 1.02 bits per heavy atom. The maximum Gasteiger partial charge on any atom is 0.280 e.